The molecule has 2 rings (SSSR count). The smallest absolute Gasteiger partial charge is 0.288 e. The van der Waals surface area contributed by atoms with Crippen LogP contribution in [-0.4, -0.2) is 60.9 Å². The van der Waals surface area contributed by atoms with Gasteiger partial charge in [-0.1, -0.05) is 0 Å². The molecule has 0 aliphatic carbocycles. The number of aromatic nitrogens is 3. The van der Waals surface area contributed by atoms with Gasteiger partial charge in [-0.25, -0.2) is 9.67 Å². The molecule has 1 aromatic heterocycles. The zero-order valence-corrected chi connectivity index (χ0v) is 8.67. The van der Waals surface area contributed by atoms with Gasteiger partial charge in [-0.05, 0) is 0 Å². The number of rotatable bonds is 3. The van der Waals surface area contributed by atoms with Gasteiger partial charge in [-0.2, -0.15) is 0 Å². The van der Waals surface area contributed by atoms with Crippen molar-refractivity contribution in [2.75, 3.05) is 6.61 Å². The fourth-order valence-electron chi connectivity index (χ4n) is 1.61. The molecule has 9 heteroatoms. The molecule has 0 aromatic carbocycles. The summed E-state index contributed by atoms with van der Waals surface area (Å²) < 4.78 is 6.25. The summed E-state index contributed by atoms with van der Waals surface area (Å²) in [6.45, 7) is -0.438. The Labute approximate surface area is 95.4 Å². The first kappa shape index (κ1) is 11.9. The molecule has 1 aliphatic rings. The molecule has 1 aliphatic heterocycles. The summed E-state index contributed by atoms with van der Waals surface area (Å²) in [7, 11) is 0. The molecule has 1 fully saturated rings. The molecule has 1 saturated heterocycles. The van der Waals surface area contributed by atoms with Crippen molar-refractivity contribution in [2.45, 2.75) is 24.5 Å². The van der Waals surface area contributed by atoms with Crippen LogP contribution in [0.4, 0.5) is 0 Å². The standard InChI is InChI=1S/C8H12N4O5/c9-6(16)7-10-2-12(11-7)8-5(15)4(14)3(1-13)17-8/h2-5,8,13-15H,1H2,(H2,9,16)/t3-,4+,5?,8+/m1/s1. The van der Waals surface area contributed by atoms with Crippen LogP contribution in [0, 0.1) is 0 Å². The molecule has 9 nitrogen and oxygen atoms in total. The summed E-state index contributed by atoms with van der Waals surface area (Å²) in [6.07, 6.45) is -3.26. The van der Waals surface area contributed by atoms with Gasteiger partial charge in [0.1, 0.15) is 24.6 Å². The highest BCUT2D eigenvalue weighted by atomic mass is 16.6. The number of aliphatic hydroxyl groups excluding tert-OH is 3. The van der Waals surface area contributed by atoms with Gasteiger partial charge < -0.3 is 25.8 Å². The number of nitrogens with zero attached hydrogens (tertiary/aromatic N) is 3. The van der Waals surface area contributed by atoms with Crippen LogP contribution < -0.4 is 5.73 Å². The van der Waals surface area contributed by atoms with E-state index in [0.717, 1.165) is 11.0 Å². The molecule has 2 heterocycles. The maximum absolute atomic E-state index is 10.8. The predicted octanol–water partition coefficient (Wildman–Crippen LogP) is -3.01. The number of amides is 1. The van der Waals surface area contributed by atoms with Gasteiger partial charge >= 0.3 is 0 Å². The summed E-state index contributed by atoms with van der Waals surface area (Å²) >= 11 is 0. The summed E-state index contributed by atoms with van der Waals surface area (Å²) in [5.41, 5.74) is 4.97. The van der Waals surface area contributed by atoms with Crippen LogP contribution in [0.1, 0.15) is 16.8 Å². The van der Waals surface area contributed by atoms with Gasteiger partial charge in [0.05, 0.1) is 6.61 Å². The van der Waals surface area contributed by atoms with Gasteiger partial charge in [0, 0.05) is 0 Å². The second kappa shape index (κ2) is 4.37. The van der Waals surface area contributed by atoms with Crippen LogP contribution >= 0.6 is 0 Å². The first-order valence-corrected chi connectivity index (χ1v) is 4.88. The van der Waals surface area contributed by atoms with E-state index in [0.29, 0.717) is 0 Å². The van der Waals surface area contributed by atoms with E-state index < -0.39 is 37.1 Å². The molecule has 0 bridgehead atoms. The highest BCUT2D eigenvalue weighted by Crippen LogP contribution is 2.28. The number of hydrogen-bond acceptors (Lipinski definition) is 7. The zero-order valence-electron chi connectivity index (χ0n) is 8.67. The van der Waals surface area contributed by atoms with Crippen molar-refractivity contribution in [1.29, 1.82) is 0 Å². The lowest BCUT2D eigenvalue weighted by atomic mass is 10.1. The molecule has 1 unspecified atom stereocenters. The highest BCUT2D eigenvalue weighted by Gasteiger charge is 2.43. The van der Waals surface area contributed by atoms with E-state index in [1.54, 1.807) is 0 Å². The second-order valence-electron chi connectivity index (χ2n) is 3.64. The molecule has 17 heavy (non-hydrogen) atoms. The Balaban J connectivity index is 2.19. The van der Waals surface area contributed by atoms with Crippen molar-refractivity contribution in [3.8, 4) is 0 Å². The van der Waals surface area contributed by atoms with E-state index in [1.807, 2.05) is 0 Å². The Morgan fingerprint density at radius 2 is 2.24 bits per heavy atom. The van der Waals surface area contributed by atoms with Gasteiger partial charge in [-0.3, -0.25) is 4.79 Å². The van der Waals surface area contributed by atoms with E-state index in [-0.39, 0.29) is 5.82 Å². The topological polar surface area (TPSA) is 144 Å². The molecule has 1 aromatic rings. The third-order valence-corrected chi connectivity index (χ3v) is 2.51. The first-order chi connectivity index (χ1) is 8.04. The van der Waals surface area contributed by atoms with Gasteiger partial charge in [-0.15, -0.1) is 5.10 Å². The maximum atomic E-state index is 10.8. The number of nitrogens with two attached hydrogens (primary N) is 1. The van der Waals surface area contributed by atoms with Crippen LogP contribution in [0.25, 0.3) is 0 Å². The van der Waals surface area contributed by atoms with Crippen LogP contribution in [0.5, 0.6) is 0 Å². The molecule has 5 N–H and O–H groups in total. The SMILES string of the molecule is NC(=O)c1ncn([C@H]2O[C@H](CO)[C@H](O)C2O)n1. The lowest BCUT2D eigenvalue weighted by Gasteiger charge is -2.13. The van der Waals surface area contributed by atoms with Crippen molar-refractivity contribution in [2.24, 2.45) is 5.73 Å². The van der Waals surface area contributed by atoms with Gasteiger partial charge in [0.25, 0.3) is 5.91 Å². The first-order valence-electron chi connectivity index (χ1n) is 4.88. The normalized spacial score (nSPS) is 32.9. The molecule has 0 spiro atoms. The monoisotopic (exact) mass is 244 g/mol. The number of carbonyl (C=O) groups is 1. The van der Waals surface area contributed by atoms with E-state index in [1.165, 1.54) is 0 Å². The minimum atomic E-state index is -1.27. The number of primary amides is 1. The minimum absolute atomic E-state index is 0.220. The maximum Gasteiger partial charge on any atom is 0.288 e. The van der Waals surface area contributed by atoms with Crippen LogP contribution in [0.2, 0.25) is 0 Å². The quantitative estimate of drug-likeness (QED) is 0.443. The summed E-state index contributed by atoms with van der Waals surface area (Å²) in [5.74, 6) is -1.03. The Hall–Kier alpha value is -1.55. The number of ether oxygens (including phenoxy) is 1. The number of hydrogen-bond donors (Lipinski definition) is 4. The Kier molecular flexibility index (Phi) is 3.07. The summed E-state index contributed by atoms with van der Waals surface area (Å²) in [4.78, 5) is 14.4. The molecule has 1 amide bonds. The van der Waals surface area contributed by atoms with E-state index in [4.69, 9.17) is 15.6 Å². The largest absolute Gasteiger partial charge is 0.394 e. The highest BCUT2D eigenvalue weighted by molar-refractivity contribution is 5.88. The van der Waals surface area contributed by atoms with Crippen molar-refractivity contribution in [3.05, 3.63) is 12.2 Å². The molecule has 0 radical (unpaired) electrons. The molecule has 94 valence electrons. The third kappa shape index (κ3) is 2.00. The Bertz CT molecular complexity index is 422. The van der Waals surface area contributed by atoms with Crippen molar-refractivity contribution >= 4 is 5.91 Å². The van der Waals surface area contributed by atoms with Crippen molar-refractivity contribution in [3.63, 3.8) is 0 Å². The fourth-order valence-corrected chi connectivity index (χ4v) is 1.61. The Morgan fingerprint density at radius 1 is 1.53 bits per heavy atom. The molecular formula is C8H12N4O5. The number of carbonyl (C=O) groups excluding carboxylic acids is 1. The van der Waals surface area contributed by atoms with E-state index >= 15 is 0 Å². The van der Waals surface area contributed by atoms with Crippen LogP contribution in [0.15, 0.2) is 6.33 Å². The molecule has 0 saturated carbocycles. The van der Waals surface area contributed by atoms with E-state index in [9.17, 15) is 15.0 Å². The Morgan fingerprint density at radius 3 is 2.71 bits per heavy atom. The minimum Gasteiger partial charge on any atom is -0.394 e. The number of aliphatic hydroxyl groups is 3. The van der Waals surface area contributed by atoms with Crippen LogP contribution in [0.3, 0.4) is 0 Å². The zero-order chi connectivity index (χ0) is 12.6. The lowest BCUT2D eigenvalue weighted by molar-refractivity contribution is -0.0588. The summed E-state index contributed by atoms with van der Waals surface area (Å²) in [5, 5.41) is 31.8. The predicted molar refractivity (Wildman–Crippen MR) is 51.5 cm³/mol. The second-order valence-corrected chi connectivity index (χ2v) is 3.64. The van der Waals surface area contributed by atoms with Crippen LogP contribution in [-0.2, 0) is 4.74 Å². The van der Waals surface area contributed by atoms with Crippen molar-refractivity contribution in [1.82, 2.24) is 14.8 Å². The lowest BCUT2D eigenvalue weighted by Crippen LogP contribution is -2.33. The average molecular weight is 244 g/mol. The van der Waals surface area contributed by atoms with Gasteiger partial charge in [0.2, 0.25) is 5.82 Å². The molecule has 4 atom stereocenters. The third-order valence-electron chi connectivity index (χ3n) is 2.51. The van der Waals surface area contributed by atoms with Gasteiger partial charge in [0.15, 0.2) is 6.23 Å². The van der Waals surface area contributed by atoms with E-state index in [2.05, 4.69) is 10.1 Å². The fraction of sp³-hybridized carbons (Fsp3) is 0.625. The summed E-state index contributed by atoms with van der Waals surface area (Å²) in [6, 6.07) is 0. The van der Waals surface area contributed by atoms with Crippen molar-refractivity contribution < 1.29 is 24.9 Å². The average Bonchev–Trinajstić information content (AvgIpc) is 2.87. The molecular weight excluding hydrogens is 232 g/mol.